The van der Waals surface area contributed by atoms with Gasteiger partial charge < -0.3 is 19.8 Å². The number of carbonyl (C=O) groups is 2. The molecule has 0 unspecified atom stereocenters. The van der Waals surface area contributed by atoms with Crippen molar-refractivity contribution in [1.82, 2.24) is 10.3 Å². The van der Waals surface area contributed by atoms with Gasteiger partial charge in [-0.15, -0.1) is 0 Å². The Bertz CT molecular complexity index is 1010. The number of methoxy groups -OCH3 is 2. The number of benzene rings is 2. The van der Waals surface area contributed by atoms with Crippen molar-refractivity contribution in [3.8, 4) is 11.5 Å². The molecule has 7 nitrogen and oxygen atoms in total. The minimum Gasteiger partial charge on any atom is -0.497 e. The highest BCUT2D eigenvalue weighted by Crippen LogP contribution is 2.32. The molecule has 2 N–H and O–H groups in total. The number of para-hydroxylation sites is 1. The molecule has 3 rings (SSSR count). The van der Waals surface area contributed by atoms with E-state index < -0.39 is 0 Å². The fourth-order valence-corrected chi connectivity index (χ4v) is 3.25. The minimum absolute atomic E-state index is 0.0914. The van der Waals surface area contributed by atoms with Crippen LogP contribution in [0.1, 0.15) is 12.5 Å². The summed E-state index contributed by atoms with van der Waals surface area (Å²) in [6, 6.07) is 13.2. The molecule has 2 aromatic carbocycles. The molecule has 0 saturated carbocycles. The van der Waals surface area contributed by atoms with Crippen LogP contribution in [0.25, 0.3) is 10.9 Å². The first-order valence-corrected chi connectivity index (χ1v) is 9.35. The van der Waals surface area contributed by atoms with Crippen LogP contribution in [0.3, 0.4) is 0 Å². The Hall–Kier alpha value is -3.48. The number of anilines is 1. The van der Waals surface area contributed by atoms with Crippen LogP contribution in [-0.2, 0) is 16.0 Å². The SMILES string of the molecule is COc1ccc(N(CC(=O)NCCc2c[nH]c3ccccc23)C(C)=O)c(OC)c1. The van der Waals surface area contributed by atoms with Crippen molar-refractivity contribution in [3.05, 3.63) is 54.2 Å². The van der Waals surface area contributed by atoms with Crippen LogP contribution >= 0.6 is 0 Å². The molecule has 0 atom stereocenters. The smallest absolute Gasteiger partial charge is 0.240 e. The maximum Gasteiger partial charge on any atom is 0.240 e. The summed E-state index contributed by atoms with van der Waals surface area (Å²) in [5, 5.41) is 4.04. The molecule has 0 aliphatic carbocycles. The topological polar surface area (TPSA) is 83.7 Å². The number of carbonyl (C=O) groups excluding carboxylic acids is 2. The van der Waals surface area contributed by atoms with Crippen molar-refractivity contribution in [2.24, 2.45) is 0 Å². The van der Waals surface area contributed by atoms with E-state index in [1.165, 1.54) is 18.9 Å². The number of aromatic amines is 1. The highest BCUT2D eigenvalue weighted by molar-refractivity contribution is 5.98. The van der Waals surface area contributed by atoms with E-state index in [1.807, 2.05) is 24.4 Å². The van der Waals surface area contributed by atoms with E-state index in [9.17, 15) is 9.59 Å². The van der Waals surface area contributed by atoms with E-state index >= 15 is 0 Å². The summed E-state index contributed by atoms with van der Waals surface area (Å²) >= 11 is 0. The highest BCUT2D eigenvalue weighted by atomic mass is 16.5. The van der Waals surface area contributed by atoms with Crippen LogP contribution in [0.2, 0.25) is 0 Å². The molecule has 0 bridgehead atoms. The Morgan fingerprint density at radius 2 is 1.90 bits per heavy atom. The summed E-state index contributed by atoms with van der Waals surface area (Å²) in [6.07, 6.45) is 2.66. The molecule has 0 radical (unpaired) electrons. The standard InChI is InChI=1S/C22H25N3O4/c1-15(26)25(20-9-8-17(28-2)12-21(20)29-3)14-22(27)23-11-10-16-13-24-19-7-5-4-6-18(16)19/h4-9,12-13,24H,10-11,14H2,1-3H3,(H,23,27). The van der Waals surface area contributed by atoms with Gasteiger partial charge in [0.05, 0.1) is 19.9 Å². The van der Waals surface area contributed by atoms with Gasteiger partial charge in [0, 0.05) is 36.6 Å². The second-order valence-corrected chi connectivity index (χ2v) is 6.60. The monoisotopic (exact) mass is 395 g/mol. The number of hydrogen-bond donors (Lipinski definition) is 2. The Balaban J connectivity index is 1.63. The van der Waals surface area contributed by atoms with Gasteiger partial charge in [-0.05, 0) is 30.2 Å². The van der Waals surface area contributed by atoms with Crippen molar-refractivity contribution < 1.29 is 19.1 Å². The van der Waals surface area contributed by atoms with Crippen molar-refractivity contribution in [2.45, 2.75) is 13.3 Å². The molecular formula is C22H25N3O4. The van der Waals surface area contributed by atoms with Crippen LogP contribution in [0.15, 0.2) is 48.7 Å². The Morgan fingerprint density at radius 3 is 2.62 bits per heavy atom. The number of aromatic nitrogens is 1. The lowest BCUT2D eigenvalue weighted by molar-refractivity contribution is -0.123. The number of hydrogen-bond acceptors (Lipinski definition) is 4. The van der Waals surface area contributed by atoms with Gasteiger partial charge >= 0.3 is 0 Å². The molecule has 0 fully saturated rings. The third-order valence-corrected chi connectivity index (χ3v) is 4.75. The normalized spacial score (nSPS) is 10.6. The molecule has 3 aromatic rings. The van der Waals surface area contributed by atoms with E-state index in [4.69, 9.17) is 9.47 Å². The first-order valence-electron chi connectivity index (χ1n) is 9.35. The molecule has 2 amide bonds. The first-order chi connectivity index (χ1) is 14.0. The molecule has 0 aliphatic heterocycles. The van der Waals surface area contributed by atoms with Gasteiger partial charge in [-0.1, -0.05) is 18.2 Å². The van der Waals surface area contributed by atoms with Crippen LogP contribution < -0.4 is 19.7 Å². The molecule has 0 spiro atoms. The summed E-state index contributed by atoms with van der Waals surface area (Å²) in [4.78, 5) is 29.2. The molecule has 152 valence electrons. The van der Waals surface area contributed by atoms with Crippen LogP contribution in [-0.4, -0.2) is 44.1 Å². The lowest BCUT2D eigenvalue weighted by Crippen LogP contribution is -2.40. The van der Waals surface area contributed by atoms with E-state index in [0.717, 1.165) is 16.5 Å². The van der Waals surface area contributed by atoms with E-state index in [1.54, 1.807) is 25.3 Å². The number of nitrogens with zero attached hydrogens (tertiary/aromatic N) is 1. The number of amides is 2. The maximum atomic E-state index is 12.5. The van der Waals surface area contributed by atoms with Crippen molar-refractivity contribution in [2.75, 3.05) is 32.2 Å². The number of ether oxygens (including phenoxy) is 2. The number of H-pyrrole nitrogens is 1. The van der Waals surface area contributed by atoms with Gasteiger partial charge in [-0.2, -0.15) is 0 Å². The largest absolute Gasteiger partial charge is 0.497 e. The van der Waals surface area contributed by atoms with Gasteiger partial charge in [0.25, 0.3) is 0 Å². The number of fused-ring (bicyclic) bond motifs is 1. The molecule has 29 heavy (non-hydrogen) atoms. The van der Waals surface area contributed by atoms with Gasteiger partial charge in [0.15, 0.2) is 0 Å². The highest BCUT2D eigenvalue weighted by Gasteiger charge is 2.20. The van der Waals surface area contributed by atoms with E-state index in [2.05, 4.69) is 16.4 Å². The predicted octanol–water partition coefficient (Wildman–Crippen LogP) is 2.90. The third kappa shape index (κ3) is 4.68. The van der Waals surface area contributed by atoms with E-state index in [0.29, 0.717) is 30.2 Å². The predicted molar refractivity (Wildman–Crippen MR) is 113 cm³/mol. The van der Waals surface area contributed by atoms with Crippen molar-refractivity contribution >= 4 is 28.4 Å². The van der Waals surface area contributed by atoms with E-state index in [-0.39, 0.29) is 18.4 Å². The zero-order chi connectivity index (χ0) is 20.8. The number of rotatable bonds is 8. The van der Waals surface area contributed by atoms with Gasteiger partial charge in [0.1, 0.15) is 18.0 Å². The second-order valence-electron chi connectivity index (χ2n) is 6.60. The van der Waals surface area contributed by atoms with Gasteiger partial charge in [-0.25, -0.2) is 0 Å². The fourth-order valence-electron chi connectivity index (χ4n) is 3.25. The maximum absolute atomic E-state index is 12.5. The van der Waals surface area contributed by atoms with Gasteiger partial charge in [0.2, 0.25) is 11.8 Å². The van der Waals surface area contributed by atoms with Crippen LogP contribution in [0.5, 0.6) is 11.5 Å². The lowest BCUT2D eigenvalue weighted by Gasteiger charge is -2.23. The molecule has 1 aromatic heterocycles. The number of nitrogens with one attached hydrogen (secondary N) is 2. The second kappa shape index (κ2) is 9.14. The zero-order valence-electron chi connectivity index (χ0n) is 16.8. The first kappa shape index (κ1) is 20.3. The third-order valence-electron chi connectivity index (χ3n) is 4.75. The fraction of sp³-hybridized carbons (Fsp3) is 0.273. The Morgan fingerprint density at radius 1 is 1.10 bits per heavy atom. The van der Waals surface area contributed by atoms with Crippen molar-refractivity contribution in [3.63, 3.8) is 0 Å². The minimum atomic E-state index is -0.250. The zero-order valence-corrected chi connectivity index (χ0v) is 16.8. The van der Waals surface area contributed by atoms with Crippen molar-refractivity contribution in [1.29, 1.82) is 0 Å². The quantitative estimate of drug-likeness (QED) is 0.614. The Labute approximate surface area is 169 Å². The van der Waals surface area contributed by atoms with Gasteiger partial charge in [-0.3, -0.25) is 14.5 Å². The molecule has 0 aliphatic rings. The summed E-state index contributed by atoms with van der Waals surface area (Å²) in [5.74, 6) is 0.585. The summed E-state index contributed by atoms with van der Waals surface area (Å²) in [7, 11) is 3.07. The summed E-state index contributed by atoms with van der Waals surface area (Å²) in [5.41, 5.74) is 2.73. The Kier molecular flexibility index (Phi) is 6.39. The van der Waals surface area contributed by atoms with Crippen LogP contribution in [0.4, 0.5) is 5.69 Å². The molecule has 1 heterocycles. The summed E-state index contributed by atoms with van der Waals surface area (Å²) < 4.78 is 10.5. The molecule has 7 heteroatoms. The van der Waals surface area contributed by atoms with Crippen LogP contribution in [0, 0.1) is 0 Å². The average molecular weight is 395 g/mol. The summed E-state index contributed by atoms with van der Waals surface area (Å²) in [6.45, 7) is 1.81. The average Bonchev–Trinajstić information content (AvgIpc) is 3.14. The lowest BCUT2D eigenvalue weighted by atomic mass is 10.1. The molecule has 0 saturated heterocycles. The molecular weight excluding hydrogens is 370 g/mol.